The second-order valence-electron chi connectivity index (χ2n) is 11.7. The maximum Gasteiger partial charge on any atom is 0.490 e. The number of hydrogen-bond donors (Lipinski definition) is 2. The maximum atomic E-state index is 12.5. The van der Waals surface area contributed by atoms with Gasteiger partial charge in [-0.15, -0.1) is 11.3 Å². The van der Waals surface area contributed by atoms with E-state index in [1.165, 1.54) is 19.3 Å². The van der Waals surface area contributed by atoms with E-state index in [0.717, 1.165) is 66.7 Å². The molecule has 1 amide bonds. The van der Waals surface area contributed by atoms with E-state index in [4.69, 9.17) is 42.8 Å². The molecule has 2 fully saturated rings. The van der Waals surface area contributed by atoms with Gasteiger partial charge in [-0.25, -0.2) is 9.78 Å². The van der Waals surface area contributed by atoms with Crippen molar-refractivity contribution in [2.75, 3.05) is 31.1 Å². The predicted octanol–water partition coefficient (Wildman–Crippen LogP) is 8.07. The Hall–Kier alpha value is -3.06. The van der Waals surface area contributed by atoms with Gasteiger partial charge in [0.2, 0.25) is 5.91 Å². The topological polar surface area (TPSA) is 95.0 Å². The minimum atomic E-state index is -5.08. The van der Waals surface area contributed by atoms with Gasteiger partial charge in [0.25, 0.3) is 0 Å². The second-order valence-corrected chi connectivity index (χ2v) is 13.4. The molecule has 1 aromatic heterocycles. The summed E-state index contributed by atoms with van der Waals surface area (Å²) >= 11 is 13.9. The Morgan fingerprint density at radius 1 is 1.04 bits per heavy atom. The number of benzene rings is 2. The van der Waals surface area contributed by atoms with Crippen molar-refractivity contribution < 1.29 is 32.6 Å². The van der Waals surface area contributed by atoms with Gasteiger partial charge in [-0.1, -0.05) is 29.3 Å². The molecule has 1 atom stereocenters. The van der Waals surface area contributed by atoms with Crippen LogP contribution < -0.4 is 15.0 Å². The minimum absolute atomic E-state index is 0.101. The molecule has 3 heterocycles. The minimum Gasteiger partial charge on any atom is -0.494 e. The fraction of sp³-hybridized carbons (Fsp3) is 0.485. The highest BCUT2D eigenvalue weighted by Gasteiger charge is 2.38. The van der Waals surface area contributed by atoms with Crippen LogP contribution in [-0.4, -0.2) is 71.4 Å². The number of carboxylic acid groups (broad SMARTS) is 1. The Kier molecular flexibility index (Phi) is 13.6. The molecule has 0 spiro atoms. The Balaban J connectivity index is 0.000000644. The predicted molar refractivity (Wildman–Crippen MR) is 180 cm³/mol. The number of carbonyl (C=O) groups is 2. The van der Waals surface area contributed by atoms with Crippen LogP contribution in [0.4, 0.5) is 18.3 Å². The number of alkyl halides is 3. The first-order chi connectivity index (χ1) is 22.4. The van der Waals surface area contributed by atoms with Crippen molar-refractivity contribution >= 4 is 51.5 Å². The number of nitrogens with zero attached hydrogens (tertiary/aromatic N) is 3. The Bertz CT molecular complexity index is 1470. The number of nitrogens with one attached hydrogen (secondary N) is 1. The van der Waals surface area contributed by atoms with E-state index >= 15 is 0 Å². The van der Waals surface area contributed by atoms with Crippen molar-refractivity contribution in [1.29, 1.82) is 0 Å². The number of aromatic nitrogens is 1. The summed E-state index contributed by atoms with van der Waals surface area (Å²) in [7, 11) is 0. The zero-order valence-electron chi connectivity index (χ0n) is 26.1. The molecule has 0 aliphatic carbocycles. The van der Waals surface area contributed by atoms with E-state index in [1.54, 1.807) is 11.3 Å². The molecule has 256 valence electrons. The van der Waals surface area contributed by atoms with Crippen molar-refractivity contribution in [3.8, 4) is 17.0 Å². The SMILES string of the molecule is CC1CCCCN1c1nc(-c2ccc(OCCCC(=O)NC3CCN(Cc4ccc(Cl)c(Cl)c4)CC3)cc2)cs1.O=C(O)C(F)(F)F. The Morgan fingerprint density at radius 2 is 1.74 bits per heavy atom. The standard InChI is InChI=1S/C31H38Cl2N4O2S.C2HF3O2/c1-22-5-2-3-15-37(22)31-35-29(21-40-31)24-8-10-26(11-9-24)39-18-4-6-30(38)34-25-13-16-36(17-14-25)20-23-7-12-27(32)28(33)19-23;3-2(4,5)1(6)7/h7-12,19,21-22,25H,2-6,13-18,20H2,1H3,(H,34,38);(H,6,7). The van der Waals surface area contributed by atoms with Gasteiger partial charge in [0, 0.05) is 55.6 Å². The largest absolute Gasteiger partial charge is 0.494 e. The first-order valence-electron chi connectivity index (χ1n) is 15.6. The molecule has 8 nitrogen and oxygen atoms in total. The molecule has 2 saturated heterocycles. The summed E-state index contributed by atoms with van der Waals surface area (Å²) in [5.74, 6) is -1.84. The molecule has 2 aliphatic heterocycles. The Labute approximate surface area is 286 Å². The summed E-state index contributed by atoms with van der Waals surface area (Å²) in [5.41, 5.74) is 3.27. The number of aliphatic carboxylic acids is 1. The molecule has 0 bridgehead atoms. The van der Waals surface area contributed by atoms with Crippen LogP contribution in [0.5, 0.6) is 5.75 Å². The van der Waals surface area contributed by atoms with Crippen LogP contribution in [-0.2, 0) is 16.1 Å². The number of ether oxygens (including phenoxy) is 1. The van der Waals surface area contributed by atoms with Crippen LogP contribution in [0.2, 0.25) is 10.0 Å². The number of amides is 1. The zero-order chi connectivity index (χ0) is 34.0. The Morgan fingerprint density at radius 3 is 2.38 bits per heavy atom. The van der Waals surface area contributed by atoms with Gasteiger partial charge in [0.05, 0.1) is 22.3 Å². The molecule has 14 heteroatoms. The number of thiazole rings is 1. The third-order valence-corrected chi connectivity index (χ3v) is 9.71. The first-order valence-corrected chi connectivity index (χ1v) is 17.2. The van der Waals surface area contributed by atoms with Crippen molar-refractivity contribution in [3.63, 3.8) is 0 Å². The monoisotopic (exact) mass is 714 g/mol. The molecule has 2 aliphatic rings. The van der Waals surface area contributed by atoms with Gasteiger partial charge in [-0.2, -0.15) is 13.2 Å². The van der Waals surface area contributed by atoms with Crippen molar-refractivity contribution in [3.05, 3.63) is 63.5 Å². The highest BCUT2D eigenvalue weighted by Crippen LogP contribution is 2.32. The molecule has 2 N–H and O–H groups in total. The smallest absolute Gasteiger partial charge is 0.490 e. The highest BCUT2D eigenvalue weighted by molar-refractivity contribution is 7.14. The van der Waals surface area contributed by atoms with E-state index < -0.39 is 12.1 Å². The van der Waals surface area contributed by atoms with Gasteiger partial charge in [0.1, 0.15) is 5.75 Å². The van der Waals surface area contributed by atoms with Crippen molar-refractivity contribution in [2.45, 2.75) is 76.7 Å². The third kappa shape index (κ3) is 11.5. The van der Waals surface area contributed by atoms with Gasteiger partial charge >= 0.3 is 12.1 Å². The van der Waals surface area contributed by atoms with Gasteiger partial charge in [-0.05, 0) is 87.4 Å². The quantitative estimate of drug-likeness (QED) is 0.205. The summed E-state index contributed by atoms with van der Waals surface area (Å²) in [6, 6.07) is 14.7. The zero-order valence-corrected chi connectivity index (χ0v) is 28.4. The van der Waals surface area contributed by atoms with Gasteiger partial charge < -0.3 is 20.1 Å². The molecule has 1 unspecified atom stereocenters. The van der Waals surface area contributed by atoms with Crippen LogP contribution in [0.3, 0.4) is 0 Å². The molecule has 0 saturated carbocycles. The van der Waals surface area contributed by atoms with Crippen LogP contribution >= 0.6 is 34.5 Å². The van der Waals surface area contributed by atoms with Crippen LogP contribution in [0.25, 0.3) is 11.3 Å². The summed E-state index contributed by atoms with van der Waals surface area (Å²) in [6.45, 7) is 6.65. The van der Waals surface area contributed by atoms with E-state index in [9.17, 15) is 18.0 Å². The number of halogens is 5. The highest BCUT2D eigenvalue weighted by atomic mass is 35.5. The maximum absolute atomic E-state index is 12.5. The summed E-state index contributed by atoms with van der Waals surface area (Å²) in [6.07, 6.45) is 1.77. The number of rotatable bonds is 10. The lowest BCUT2D eigenvalue weighted by atomic mass is 10.0. The first kappa shape index (κ1) is 36.8. The lowest BCUT2D eigenvalue weighted by Gasteiger charge is -2.33. The second kappa shape index (κ2) is 17.4. The molecule has 5 rings (SSSR count). The molecule has 47 heavy (non-hydrogen) atoms. The van der Waals surface area contributed by atoms with Gasteiger partial charge in [0.15, 0.2) is 5.13 Å². The lowest BCUT2D eigenvalue weighted by Crippen LogP contribution is -2.44. The fourth-order valence-electron chi connectivity index (χ4n) is 5.49. The van der Waals surface area contributed by atoms with Crippen molar-refractivity contribution in [1.82, 2.24) is 15.2 Å². The third-order valence-electron chi connectivity index (χ3n) is 8.09. The number of carboxylic acids is 1. The van der Waals surface area contributed by atoms with E-state index in [0.29, 0.717) is 35.5 Å². The number of hydrogen-bond acceptors (Lipinski definition) is 7. The summed E-state index contributed by atoms with van der Waals surface area (Å²) in [5, 5.41) is 14.8. The molecule has 3 aromatic rings. The van der Waals surface area contributed by atoms with Gasteiger partial charge in [-0.3, -0.25) is 9.69 Å². The van der Waals surface area contributed by atoms with Crippen LogP contribution in [0.15, 0.2) is 47.8 Å². The molecule has 0 radical (unpaired) electrons. The normalized spacial score (nSPS) is 17.5. The summed E-state index contributed by atoms with van der Waals surface area (Å²) < 4.78 is 37.6. The van der Waals surface area contributed by atoms with Crippen LogP contribution in [0.1, 0.15) is 57.4 Å². The van der Waals surface area contributed by atoms with E-state index in [-0.39, 0.29) is 11.9 Å². The van der Waals surface area contributed by atoms with E-state index in [2.05, 4.69) is 39.6 Å². The number of piperidine rings is 2. The number of carbonyl (C=O) groups excluding carboxylic acids is 1. The summed E-state index contributed by atoms with van der Waals surface area (Å²) in [4.78, 5) is 31.1. The lowest BCUT2D eigenvalue weighted by molar-refractivity contribution is -0.192. The number of anilines is 1. The average molecular weight is 716 g/mol. The molecular weight excluding hydrogens is 676 g/mol. The van der Waals surface area contributed by atoms with E-state index in [1.807, 2.05) is 30.3 Å². The molecule has 2 aromatic carbocycles. The number of likely N-dealkylation sites (tertiary alicyclic amines) is 1. The van der Waals surface area contributed by atoms with Crippen LogP contribution in [0, 0.1) is 0 Å². The van der Waals surface area contributed by atoms with Crippen molar-refractivity contribution in [2.24, 2.45) is 0 Å². The average Bonchev–Trinajstić information content (AvgIpc) is 3.53. The fourth-order valence-corrected chi connectivity index (χ4v) is 6.77. The molecular formula is C33H39Cl2F3N4O4S.